The summed E-state index contributed by atoms with van der Waals surface area (Å²) in [5, 5.41) is 3.26. The molecule has 0 heterocycles. The first-order valence-corrected chi connectivity index (χ1v) is 6.62. The van der Waals surface area contributed by atoms with Crippen molar-refractivity contribution in [1.29, 1.82) is 0 Å². The lowest BCUT2D eigenvalue weighted by molar-refractivity contribution is 0.444. The van der Waals surface area contributed by atoms with Crippen LogP contribution in [0, 0.1) is 6.92 Å². The molecular weight excluding hydrogens is 208 g/mol. The molecule has 1 fully saturated rings. The molecule has 2 heteroatoms. The average Bonchev–Trinajstić information content (AvgIpc) is 2.37. The molecule has 0 aromatic heterocycles. The lowest BCUT2D eigenvalue weighted by Gasteiger charge is -2.17. The van der Waals surface area contributed by atoms with Gasteiger partial charge in [-0.3, -0.25) is 4.99 Å². The summed E-state index contributed by atoms with van der Waals surface area (Å²) in [7, 11) is 1.97. The van der Waals surface area contributed by atoms with E-state index in [1.165, 1.54) is 48.9 Å². The predicted octanol–water partition coefficient (Wildman–Crippen LogP) is 3.79. The molecular formula is C15H22N2. The molecule has 2 nitrogen and oxygen atoms in total. The number of benzene rings is 1. The van der Waals surface area contributed by atoms with Gasteiger partial charge < -0.3 is 5.32 Å². The second kappa shape index (κ2) is 5.85. The standard InChI is InChI=1S/C15H22N2/c1-12-7-6-8-13(15(12)16-2)11-17-14-9-4-3-5-10-14/h6-8,11,14,16H,3-5,9-10H2,1-2H3. The number of hydrogen-bond donors (Lipinski definition) is 1. The third-order valence-corrected chi connectivity index (χ3v) is 3.55. The Labute approximate surface area is 104 Å². The minimum Gasteiger partial charge on any atom is -0.387 e. The van der Waals surface area contributed by atoms with Crippen LogP contribution >= 0.6 is 0 Å². The van der Waals surface area contributed by atoms with Gasteiger partial charge >= 0.3 is 0 Å². The normalized spacial score (nSPS) is 17.5. The molecule has 2 rings (SSSR count). The Morgan fingerprint density at radius 2 is 2.00 bits per heavy atom. The molecule has 0 saturated heterocycles. The third kappa shape index (κ3) is 3.09. The number of aliphatic imine (C=N–C) groups is 1. The van der Waals surface area contributed by atoms with Crippen LogP contribution in [-0.4, -0.2) is 19.3 Å². The topological polar surface area (TPSA) is 24.4 Å². The molecule has 92 valence electrons. The molecule has 1 aromatic rings. The molecule has 0 unspecified atom stereocenters. The maximum absolute atomic E-state index is 4.74. The fraction of sp³-hybridized carbons (Fsp3) is 0.533. The number of hydrogen-bond acceptors (Lipinski definition) is 2. The summed E-state index contributed by atoms with van der Waals surface area (Å²) >= 11 is 0. The van der Waals surface area contributed by atoms with Gasteiger partial charge in [-0.05, 0) is 25.3 Å². The zero-order valence-electron chi connectivity index (χ0n) is 10.9. The fourth-order valence-corrected chi connectivity index (χ4v) is 2.56. The lowest BCUT2D eigenvalue weighted by atomic mass is 9.96. The summed E-state index contributed by atoms with van der Waals surface area (Å²) in [6.45, 7) is 2.13. The van der Waals surface area contributed by atoms with Crippen LogP contribution in [0.4, 0.5) is 5.69 Å². The van der Waals surface area contributed by atoms with Crippen molar-refractivity contribution in [3.8, 4) is 0 Å². The van der Waals surface area contributed by atoms with Crippen molar-refractivity contribution >= 4 is 11.9 Å². The van der Waals surface area contributed by atoms with Crippen molar-refractivity contribution in [1.82, 2.24) is 0 Å². The molecule has 1 aromatic carbocycles. The third-order valence-electron chi connectivity index (χ3n) is 3.55. The fourth-order valence-electron chi connectivity index (χ4n) is 2.56. The number of nitrogens with zero attached hydrogens (tertiary/aromatic N) is 1. The Bertz CT molecular complexity index is 390. The van der Waals surface area contributed by atoms with E-state index in [1.807, 2.05) is 7.05 Å². The van der Waals surface area contributed by atoms with E-state index in [4.69, 9.17) is 4.99 Å². The van der Waals surface area contributed by atoms with Crippen molar-refractivity contribution in [2.75, 3.05) is 12.4 Å². The smallest absolute Gasteiger partial charge is 0.0499 e. The largest absolute Gasteiger partial charge is 0.387 e. The van der Waals surface area contributed by atoms with Crippen LogP contribution < -0.4 is 5.32 Å². The van der Waals surface area contributed by atoms with Gasteiger partial charge in [0.15, 0.2) is 0 Å². The van der Waals surface area contributed by atoms with Gasteiger partial charge in [-0.2, -0.15) is 0 Å². The first kappa shape index (κ1) is 12.2. The summed E-state index contributed by atoms with van der Waals surface area (Å²) < 4.78 is 0. The van der Waals surface area contributed by atoms with Gasteiger partial charge in [0.25, 0.3) is 0 Å². The Kier molecular flexibility index (Phi) is 4.18. The number of rotatable bonds is 3. The van der Waals surface area contributed by atoms with Gasteiger partial charge in [0, 0.05) is 30.6 Å². The average molecular weight is 230 g/mol. The molecule has 0 spiro atoms. The highest BCUT2D eigenvalue weighted by atomic mass is 14.8. The quantitative estimate of drug-likeness (QED) is 0.785. The highest BCUT2D eigenvalue weighted by Crippen LogP contribution is 2.22. The van der Waals surface area contributed by atoms with Gasteiger partial charge in [0.2, 0.25) is 0 Å². The van der Waals surface area contributed by atoms with E-state index < -0.39 is 0 Å². The zero-order chi connectivity index (χ0) is 12.1. The molecule has 0 bridgehead atoms. The van der Waals surface area contributed by atoms with Crippen molar-refractivity contribution in [3.05, 3.63) is 29.3 Å². The molecule has 0 atom stereocenters. The molecule has 0 amide bonds. The number of anilines is 1. The highest BCUT2D eigenvalue weighted by Gasteiger charge is 2.11. The summed E-state index contributed by atoms with van der Waals surface area (Å²) in [5.74, 6) is 0. The number of aryl methyl sites for hydroxylation is 1. The Morgan fingerprint density at radius 3 is 2.71 bits per heavy atom. The first-order chi connectivity index (χ1) is 8.31. The predicted molar refractivity (Wildman–Crippen MR) is 75.2 cm³/mol. The monoisotopic (exact) mass is 230 g/mol. The van der Waals surface area contributed by atoms with Crippen molar-refractivity contribution in [2.24, 2.45) is 4.99 Å². The minimum absolute atomic E-state index is 0.550. The maximum atomic E-state index is 4.74. The van der Waals surface area contributed by atoms with Crippen LogP contribution in [0.5, 0.6) is 0 Å². The van der Waals surface area contributed by atoms with Gasteiger partial charge in [0.05, 0.1) is 0 Å². The van der Waals surface area contributed by atoms with Crippen LogP contribution in [0.15, 0.2) is 23.2 Å². The molecule has 1 aliphatic rings. The van der Waals surface area contributed by atoms with E-state index in [-0.39, 0.29) is 0 Å². The molecule has 0 radical (unpaired) electrons. The second-order valence-corrected chi connectivity index (χ2v) is 4.86. The van der Waals surface area contributed by atoms with E-state index in [0.29, 0.717) is 6.04 Å². The number of para-hydroxylation sites is 1. The van der Waals surface area contributed by atoms with E-state index in [0.717, 1.165) is 0 Å². The van der Waals surface area contributed by atoms with E-state index in [9.17, 15) is 0 Å². The van der Waals surface area contributed by atoms with Crippen LogP contribution in [-0.2, 0) is 0 Å². The van der Waals surface area contributed by atoms with Crippen molar-refractivity contribution in [2.45, 2.75) is 45.1 Å². The number of nitrogens with one attached hydrogen (secondary N) is 1. The van der Waals surface area contributed by atoms with Crippen LogP contribution in [0.25, 0.3) is 0 Å². The van der Waals surface area contributed by atoms with Gasteiger partial charge in [-0.1, -0.05) is 37.5 Å². The van der Waals surface area contributed by atoms with Crippen molar-refractivity contribution in [3.63, 3.8) is 0 Å². The van der Waals surface area contributed by atoms with Crippen LogP contribution in [0.3, 0.4) is 0 Å². The Hall–Kier alpha value is -1.31. The first-order valence-electron chi connectivity index (χ1n) is 6.62. The summed E-state index contributed by atoms with van der Waals surface area (Å²) in [6, 6.07) is 6.90. The van der Waals surface area contributed by atoms with E-state index in [2.05, 4.69) is 36.7 Å². The molecule has 1 saturated carbocycles. The summed E-state index contributed by atoms with van der Waals surface area (Å²) in [6.07, 6.45) is 8.64. The summed E-state index contributed by atoms with van der Waals surface area (Å²) in [5.41, 5.74) is 3.69. The molecule has 1 N–H and O–H groups in total. The Morgan fingerprint density at radius 1 is 1.24 bits per heavy atom. The van der Waals surface area contributed by atoms with E-state index >= 15 is 0 Å². The lowest BCUT2D eigenvalue weighted by Crippen LogP contribution is -2.10. The minimum atomic E-state index is 0.550. The molecule has 0 aliphatic heterocycles. The van der Waals surface area contributed by atoms with E-state index in [1.54, 1.807) is 0 Å². The SMILES string of the molecule is CNc1c(C)cccc1C=NC1CCCCC1. The zero-order valence-corrected chi connectivity index (χ0v) is 10.9. The van der Waals surface area contributed by atoms with Crippen LogP contribution in [0.1, 0.15) is 43.2 Å². The van der Waals surface area contributed by atoms with Gasteiger partial charge in [-0.25, -0.2) is 0 Å². The van der Waals surface area contributed by atoms with Gasteiger partial charge in [-0.15, -0.1) is 0 Å². The summed E-state index contributed by atoms with van der Waals surface area (Å²) in [4.78, 5) is 4.74. The second-order valence-electron chi connectivity index (χ2n) is 4.86. The van der Waals surface area contributed by atoms with Crippen LogP contribution in [0.2, 0.25) is 0 Å². The Balaban J connectivity index is 2.11. The molecule has 17 heavy (non-hydrogen) atoms. The maximum Gasteiger partial charge on any atom is 0.0499 e. The van der Waals surface area contributed by atoms with Crippen molar-refractivity contribution < 1.29 is 0 Å². The van der Waals surface area contributed by atoms with Gasteiger partial charge in [0.1, 0.15) is 0 Å². The molecule has 1 aliphatic carbocycles. The highest BCUT2D eigenvalue weighted by molar-refractivity contribution is 5.88.